The van der Waals surface area contributed by atoms with Crippen molar-refractivity contribution in [2.75, 3.05) is 0 Å². The zero-order valence-corrected chi connectivity index (χ0v) is 23.5. The van der Waals surface area contributed by atoms with Crippen molar-refractivity contribution in [2.45, 2.75) is 180 Å². The minimum Gasteiger partial charge on any atom is -0.0683 e. The van der Waals surface area contributed by atoms with Crippen LogP contribution >= 0.6 is 0 Å². The molecular formula is C28H68. The van der Waals surface area contributed by atoms with Crippen LogP contribution in [0, 0.1) is 5.92 Å². The van der Waals surface area contributed by atoms with Gasteiger partial charge in [0.1, 0.15) is 0 Å². The predicted octanol–water partition coefficient (Wildman–Crippen LogP) is 12.3. The van der Waals surface area contributed by atoms with Gasteiger partial charge in [0, 0.05) is 0 Å². The fraction of sp³-hybridized carbons (Fsp3) is 1.00. The predicted molar refractivity (Wildman–Crippen MR) is 142 cm³/mol. The molecule has 4 fully saturated rings. The summed E-state index contributed by atoms with van der Waals surface area (Å²) >= 11 is 0. The zero-order chi connectivity index (χ0) is 23.5. The maximum absolute atomic E-state index is 2.28. The summed E-state index contributed by atoms with van der Waals surface area (Å²) in [6, 6.07) is 0. The van der Waals surface area contributed by atoms with Crippen molar-refractivity contribution in [2.24, 2.45) is 5.92 Å². The molecule has 180 valence electrons. The monoisotopic (exact) mass is 405 g/mol. The molecule has 0 atom stereocenters. The average Bonchev–Trinajstić information content (AvgIpc) is 3.43. The van der Waals surface area contributed by atoms with Crippen LogP contribution in [-0.2, 0) is 0 Å². The molecule has 0 unspecified atom stereocenters. The van der Waals surface area contributed by atoms with Crippen LogP contribution in [0.4, 0.5) is 0 Å². The lowest BCUT2D eigenvalue weighted by Gasteiger charge is -2.05. The summed E-state index contributed by atoms with van der Waals surface area (Å²) in [6.07, 6.45) is 21.0. The highest BCUT2D eigenvalue weighted by Crippen LogP contribution is 2.26. The second-order valence-electron chi connectivity index (χ2n) is 5.93. The van der Waals surface area contributed by atoms with Crippen LogP contribution in [0.25, 0.3) is 0 Å². The largest absolute Gasteiger partial charge is 0.0683 e. The van der Waals surface area contributed by atoms with Crippen molar-refractivity contribution in [3.63, 3.8) is 0 Å². The van der Waals surface area contributed by atoms with Crippen molar-refractivity contribution < 1.29 is 0 Å². The van der Waals surface area contributed by atoms with Gasteiger partial charge in [-0.2, -0.15) is 0 Å². The first-order valence-electron chi connectivity index (χ1n) is 13.9. The fourth-order valence-corrected chi connectivity index (χ4v) is 0.917. The zero-order valence-electron chi connectivity index (χ0n) is 23.5. The summed E-state index contributed by atoms with van der Waals surface area (Å²) in [7, 11) is 0. The van der Waals surface area contributed by atoms with Crippen LogP contribution in [-0.4, -0.2) is 0 Å². The molecule has 0 aromatic carbocycles. The molecule has 0 radical (unpaired) electrons. The third kappa shape index (κ3) is 72.2. The molecule has 0 nitrogen and oxygen atoms in total. The van der Waals surface area contributed by atoms with Gasteiger partial charge in [0.2, 0.25) is 0 Å². The van der Waals surface area contributed by atoms with E-state index in [1.54, 1.807) is 0 Å². The van der Waals surface area contributed by atoms with E-state index in [9.17, 15) is 0 Å². The van der Waals surface area contributed by atoms with Gasteiger partial charge >= 0.3 is 0 Å². The topological polar surface area (TPSA) is 0 Å². The smallest absolute Gasteiger partial charge is 0.0443 e. The van der Waals surface area contributed by atoms with E-state index in [2.05, 4.69) is 6.92 Å². The molecule has 28 heavy (non-hydrogen) atoms. The Balaban J connectivity index is -0.0000000494. The first kappa shape index (κ1) is 42.2. The minimum absolute atomic E-state index is 1.08. The summed E-state index contributed by atoms with van der Waals surface area (Å²) < 4.78 is 0. The van der Waals surface area contributed by atoms with E-state index < -0.39 is 0 Å². The quantitative estimate of drug-likeness (QED) is 0.376. The van der Waals surface area contributed by atoms with E-state index in [-0.39, 0.29) is 0 Å². The molecule has 0 heteroatoms. The van der Waals surface area contributed by atoms with E-state index in [1.807, 2.05) is 83.1 Å². The number of hydrogen-bond donors (Lipinski definition) is 0. The van der Waals surface area contributed by atoms with E-state index in [1.165, 1.54) is 89.9 Å². The molecule has 0 N–H and O–H groups in total. The van der Waals surface area contributed by atoms with Gasteiger partial charge in [-0.1, -0.05) is 180 Å². The molecule has 4 saturated carbocycles. The standard InChI is InChI=1S/4C4H8.6C2H6/c1-4-2-3-4;3*1-2-4-3-1;6*1-2/h4H,2-3H2,1H3;3*1-4H2;6*1-2H3. The SMILES string of the molecule is C1CCC1.C1CCC1.C1CCC1.CC.CC.CC.CC.CC.CC.CC1CC1. The lowest BCUT2D eigenvalue weighted by molar-refractivity contribution is 0.504. The highest BCUT2D eigenvalue weighted by Gasteiger charge is 2.12. The van der Waals surface area contributed by atoms with Gasteiger partial charge in [0.25, 0.3) is 0 Å². The van der Waals surface area contributed by atoms with Crippen LogP contribution in [0.15, 0.2) is 0 Å². The molecule has 0 aliphatic heterocycles. The second-order valence-corrected chi connectivity index (χ2v) is 5.93. The molecule has 0 saturated heterocycles. The first-order chi connectivity index (χ1) is 13.9. The molecule has 0 spiro atoms. The summed E-state index contributed by atoms with van der Waals surface area (Å²) in [6.45, 7) is 26.3. The fourth-order valence-electron chi connectivity index (χ4n) is 0.917. The molecule has 0 amide bonds. The Kier molecular flexibility index (Phi) is 95.1. The lowest BCUT2D eigenvalue weighted by Crippen LogP contribution is -1.85. The molecule has 4 aliphatic carbocycles. The molecule has 0 aromatic rings. The van der Waals surface area contributed by atoms with Gasteiger partial charge in [-0.3, -0.25) is 0 Å². The molecule has 4 rings (SSSR count). The molecule has 4 aliphatic rings. The molecule has 0 aromatic heterocycles. The van der Waals surface area contributed by atoms with Crippen molar-refractivity contribution >= 4 is 0 Å². The first-order valence-corrected chi connectivity index (χ1v) is 13.9. The van der Waals surface area contributed by atoms with E-state index in [0.717, 1.165) is 5.92 Å². The second kappa shape index (κ2) is 63.2. The van der Waals surface area contributed by atoms with Crippen molar-refractivity contribution in [3.05, 3.63) is 0 Å². The van der Waals surface area contributed by atoms with E-state index in [4.69, 9.17) is 0 Å². The third-order valence-electron chi connectivity index (χ3n) is 3.87. The highest BCUT2D eigenvalue weighted by atomic mass is 14.2. The van der Waals surface area contributed by atoms with E-state index in [0.29, 0.717) is 0 Å². The Morgan fingerprint density at radius 3 is 0.357 bits per heavy atom. The van der Waals surface area contributed by atoms with Crippen LogP contribution < -0.4 is 0 Å². The van der Waals surface area contributed by atoms with Crippen molar-refractivity contribution in [1.29, 1.82) is 0 Å². The highest BCUT2D eigenvalue weighted by molar-refractivity contribution is 4.65. The maximum atomic E-state index is 2.28. The van der Waals surface area contributed by atoms with Gasteiger partial charge < -0.3 is 0 Å². The van der Waals surface area contributed by atoms with E-state index >= 15 is 0 Å². The normalized spacial score (nSPS) is 15.3. The molecular weight excluding hydrogens is 336 g/mol. The van der Waals surface area contributed by atoms with Crippen LogP contribution in [0.3, 0.4) is 0 Å². The van der Waals surface area contributed by atoms with Crippen LogP contribution in [0.1, 0.15) is 180 Å². The van der Waals surface area contributed by atoms with Crippen LogP contribution in [0.5, 0.6) is 0 Å². The number of rotatable bonds is 0. The summed E-state index contributed by atoms with van der Waals surface area (Å²) in [5, 5.41) is 0. The van der Waals surface area contributed by atoms with Gasteiger partial charge in [0.15, 0.2) is 0 Å². The van der Waals surface area contributed by atoms with Gasteiger partial charge in [-0.05, 0) is 5.92 Å². The van der Waals surface area contributed by atoms with Crippen molar-refractivity contribution in [3.8, 4) is 0 Å². The minimum atomic E-state index is 1.08. The van der Waals surface area contributed by atoms with Crippen molar-refractivity contribution in [1.82, 2.24) is 0 Å². The lowest BCUT2D eigenvalue weighted by atomic mass is 10.0. The van der Waals surface area contributed by atoms with Crippen LogP contribution in [0.2, 0.25) is 0 Å². The summed E-state index contributed by atoms with van der Waals surface area (Å²) in [4.78, 5) is 0. The number of hydrogen-bond acceptors (Lipinski definition) is 0. The third-order valence-corrected chi connectivity index (χ3v) is 3.87. The summed E-state index contributed by atoms with van der Waals surface area (Å²) in [5.74, 6) is 1.08. The van der Waals surface area contributed by atoms with Gasteiger partial charge in [-0.15, -0.1) is 0 Å². The molecule has 0 bridgehead atoms. The Labute approximate surface area is 186 Å². The Bertz CT molecular complexity index is 92.0. The average molecular weight is 405 g/mol. The summed E-state index contributed by atoms with van der Waals surface area (Å²) in [5.41, 5.74) is 0. The molecule has 0 heterocycles. The Morgan fingerprint density at radius 1 is 0.286 bits per heavy atom. The van der Waals surface area contributed by atoms with Gasteiger partial charge in [0.05, 0.1) is 0 Å². The Hall–Kier alpha value is 0. The maximum Gasteiger partial charge on any atom is -0.0443 e. The van der Waals surface area contributed by atoms with Gasteiger partial charge in [-0.25, -0.2) is 0 Å². The Morgan fingerprint density at radius 2 is 0.357 bits per heavy atom.